The van der Waals surface area contributed by atoms with Gasteiger partial charge in [-0.05, 0) is 13.0 Å². The van der Waals surface area contributed by atoms with E-state index in [0.717, 1.165) is 25.2 Å². The molecular weight excluding hydrogens is 188 g/mol. The molecule has 0 aromatic carbocycles. The minimum atomic E-state index is -0.121. The molecule has 0 aliphatic rings. The van der Waals surface area contributed by atoms with Crippen molar-refractivity contribution in [2.45, 2.75) is 39.3 Å². The van der Waals surface area contributed by atoms with Crippen molar-refractivity contribution >= 4 is 0 Å². The van der Waals surface area contributed by atoms with Gasteiger partial charge in [-0.3, -0.25) is 0 Å². The maximum Gasteiger partial charge on any atom is 0.113 e. The van der Waals surface area contributed by atoms with Gasteiger partial charge in [0.25, 0.3) is 0 Å². The zero-order chi connectivity index (χ0) is 11.1. The number of nitriles is 1. The van der Waals surface area contributed by atoms with E-state index in [0.29, 0.717) is 6.54 Å². The Morgan fingerprint density at radius 1 is 1.60 bits per heavy atom. The molecule has 0 fully saturated rings. The fourth-order valence-corrected chi connectivity index (χ4v) is 1.49. The van der Waals surface area contributed by atoms with Gasteiger partial charge in [-0.1, -0.05) is 13.8 Å². The van der Waals surface area contributed by atoms with Crippen molar-refractivity contribution in [2.75, 3.05) is 6.54 Å². The lowest BCUT2D eigenvalue weighted by Gasteiger charge is -2.12. The predicted octanol–water partition coefficient (Wildman–Crippen LogP) is 1.34. The van der Waals surface area contributed by atoms with Gasteiger partial charge in [-0.15, -0.1) is 0 Å². The summed E-state index contributed by atoms with van der Waals surface area (Å²) in [5, 5.41) is 12.2. The molecule has 82 valence electrons. The fourth-order valence-electron chi connectivity index (χ4n) is 1.49. The molecule has 1 aromatic heterocycles. The van der Waals surface area contributed by atoms with Crippen LogP contribution in [0.1, 0.15) is 26.1 Å². The van der Waals surface area contributed by atoms with E-state index in [2.05, 4.69) is 30.2 Å². The summed E-state index contributed by atoms with van der Waals surface area (Å²) in [6, 6.07) is 2.15. The molecule has 0 spiro atoms. The molecule has 1 rings (SSSR count). The van der Waals surface area contributed by atoms with E-state index in [9.17, 15) is 0 Å². The van der Waals surface area contributed by atoms with Gasteiger partial charge >= 0.3 is 0 Å². The van der Waals surface area contributed by atoms with Crippen molar-refractivity contribution in [1.29, 1.82) is 5.26 Å². The average Bonchev–Trinajstić information content (AvgIpc) is 2.71. The van der Waals surface area contributed by atoms with Crippen LogP contribution >= 0.6 is 0 Å². The first-order chi connectivity index (χ1) is 7.31. The third-order valence-electron chi connectivity index (χ3n) is 2.29. The van der Waals surface area contributed by atoms with Crippen molar-refractivity contribution in [3.05, 3.63) is 18.2 Å². The third-order valence-corrected chi connectivity index (χ3v) is 2.29. The van der Waals surface area contributed by atoms with Crippen molar-refractivity contribution in [2.24, 2.45) is 0 Å². The molecule has 1 N–H and O–H groups in total. The van der Waals surface area contributed by atoms with Gasteiger partial charge in [0.15, 0.2) is 0 Å². The van der Waals surface area contributed by atoms with Crippen LogP contribution < -0.4 is 5.32 Å². The standard InChI is InChI=1S/C11H18N4/c1-3-5-13-10(8-12)9-15-7-6-14-11(15)4-2/h6-7,10,13H,3-5,9H2,1-2H3. The highest BCUT2D eigenvalue weighted by Crippen LogP contribution is 2.00. The number of imidazole rings is 1. The van der Waals surface area contributed by atoms with Crippen LogP contribution in [0.2, 0.25) is 0 Å². The molecular formula is C11H18N4. The van der Waals surface area contributed by atoms with Crippen molar-refractivity contribution in [3.8, 4) is 6.07 Å². The predicted molar refractivity (Wildman–Crippen MR) is 59.3 cm³/mol. The summed E-state index contributed by atoms with van der Waals surface area (Å²) in [7, 11) is 0. The zero-order valence-corrected chi connectivity index (χ0v) is 9.40. The van der Waals surface area contributed by atoms with Crippen LogP contribution in [0.4, 0.5) is 0 Å². The Morgan fingerprint density at radius 3 is 3.00 bits per heavy atom. The first-order valence-corrected chi connectivity index (χ1v) is 5.44. The Morgan fingerprint density at radius 2 is 2.40 bits per heavy atom. The minimum absolute atomic E-state index is 0.121. The molecule has 0 aliphatic heterocycles. The molecule has 0 aliphatic carbocycles. The van der Waals surface area contributed by atoms with Crippen LogP contribution in [-0.2, 0) is 13.0 Å². The lowest BCUT2D eigenvalue weighted by molar-refractivity contribution is 0.510. The van der Waals surface area contributed by atoms with E-state index >= 15 is 0 Å². The van der Waals surface area contributed by atoms with Crippen LogP contribution in [0.15, 0.2) is 12.4 Å². The van der Waals surface area contributed by atoms with Gasteiger partial charge < -0.3 is 9.88 Å². The number of hydrogen-bond donors (Lipinski definition) is 1. The van der Waals surface area contributed by atoms with E-state index in [4.69, 9.17) is 5.26 Å². The molecule has 0 amide bonds. The molecule has 4 nitrogen and oxygen atoms in total. The minimum Gasteiger partial charge on any atom is -0.332 e. The fraction of sp³-hybridized carbons (Fsp3) is 0.636. The molecule has 0 radical (unpaired) electrons. The third kappa shape index (κ3) is 3.37. The Kier molecular flexibility index (Phi) is 4.85. The van der Waals surface area contributed by atoms with Gasteiger partial charge in [0.1, 0.15) is 11.9 Å². The van der Waals surface area contributed by atoms with Crippen molar-refractivity contribution < 1.29 is 0 Å². The van der Waals surface area contributed by atoms with E-state index < -0.39 is 0 Å². The van der Waals surface area contributed by atoms with Gasteiger partial charge in [0, 0.05) is 18.8 Å². The van der Waals surface area contributed by atoms with Crippen LogP contribution in [0.5, 0.6) is 0 Å². The molecule has 0 bridgehead atoms. The number of nitrogens with one attached hydrogen (secondary N) is 1. The maximum absolute atomic E-state index is 8.97. The summed E-state index contributed by atoms with van der Waals surface area (Å²) in [4.78, 5) is 4.23. The van der Waals surface area contributed by atoms with E-state index in [1.807, 2.05) is 10.8 Å². The molecule has 15 heavy (non-hydrogen) atoms. The largest absolute Gasteiger partial charge is 0.332 e. The van der Waals surface area contributed by atoms with Gasteiger partial charge in [0.2, 0.25) is 0 Å². The van der Waals surface area contributed by atoms with Crippen molar-refractivity contribution in [1.82, 2.24) is 14.9 Å². The molecule has 1 unspecified atom stereocenters. The topological polar surface area (TPSA) is 53.6 Å². The summed E-state index contributed by atoms with van der Waals surface area (Å²) in [6.07, 6.45) is 5.66. The first-order valence-electron chi connectivity index (χ1n) is 5.44. The zero-order valence-electron chi connectivity index (χ0n) is 9.40. The second-order valence-electron chi connectivity index (χ2n) is 3.49. The quantitative estimate of drug-likeness (QED) is 0.764. The molecule has 1 aromatic rings. The first kappa shape index (κ1) is 11.7. The lowest BCUT2D eigenvalue weighted by atomic mass is 10.3. The second-order valence-corrected chi connectivity index (χ2v) is 3.49. The average molecular weight is 206 g/mol. The van der Waals surface area contributed by atoms with Crippen LogP contribution in [0.25, 0.3) is 0 Å². The Hall–Kier alpha value is -1.34. The number of aromatic nitrogens is 2. The normalized spacial score (nSPS) is 12.3. The van der Waals surface area contributed by atoms with Crippen molar-refractivity contribution in [3.63, 3.8) is 0 Å². The summed E-state index contributed by atoms with van der Waals surface area (Å²) in [5.41, 5.74) is 0. The summed E-state index contributed by atoms with van der Waals surface area (Å²) >= 11 is 0. The van der Waals surface area contributed by atoms with Gasteiger partial charge in [-0.2, -0.15) is 5.26 Å². The van der Waals surface area contributed by atoms with Gasteiger partial charge in [-0.25, -0.2) is 4.98 Å². The molecule has 1 atom stereocenters. The highest BCUT2D eigenvalue weighted by atomic mass is 15.1. The highest BCUT2D eigenvalue weighted by Gasteiger charge is 2.08. The lowest BCUT2D eigenvalue weighted by Crippen LogP contribution is -2.32. The summed E-state index contributed by atoms with van der Waals surface area (Å²) in [6.45, 7) is 5.73. The number of aryl methyl sites for hydroxylation is 1. The molecule has 0 saturated heterocycles. The van der Waals surface area contributed by atoms with E-state index in [-0.39, 0.29) is 6.04 Å². The van der Waals surface area contributed by atoms with E-state index in [1.165, 1.54) is 0 Å². The maximum atomic E-state index is 8.97. The summed E-state index contributed by atoms with van der Waals surface area (Å²) < 4.78 is 2.04. The molecule has 1 heterocycles. The molecule has 4 heteroatoms. The Labute approximate surface area is 90.9 Å². The summed E-state index contributed by atoms with van der Waals surface area (Å²) in [5.74, 6) is 1.04. The SMILES string of the molecule is CCCNC(C#N)Cn1ccnc1CC. The number of rotatable bonds is 6. The molecule has 0 saturated carbocycles. The Balaban J connectivity index is 2.55. The Bertz CT molecular complexity index is 324. The number of nitrogens with zero attached hydrogens (tertiary/aromatic N) is 3. The van der Waals surface area contributed by atoms with Crippen LogP contribution in [-0.4, -0.2) is 22.1 Å². The smallest absolute Gasteiger partial charge is 0.113 e. The van der Waals surface area contributed by atoms with Crippen LogP contribution in [0, 0.1) is 11.3 Å². The van der Waals surface area contributed by atoms with E-state index in [1.54, 1.807) is 6.20 Å². The van der Waals surface area contributed by atoms with Crippen LogP contribution in [0.3, 0.4) is 0 Å². The second kappa shape index (κ2) is 6.20. The van der Waals surface area contributed by atoms with Gasteiger partial charge in [0.05, 0.1) is 12.6 Å². The monoisotopic (exact) mass is 206 g/mol. The number of hydrogen-bond acceptors (Lipinski definition) is 3. The highest BCUT2D eigenvalue weighted by molar-refractivity contribution is 4.97.